The Bertz CT molecular complexity index is 663. The van der Waals surface area contributed by atoms with E-state index in [1.165, 1.54) is 11.1 Å². The Morgan fingerprint density at radius 3 is 2.50 bits per heavy atom. The zero-order valence-corrected chi connectivity index (χ0v) is 13.6. The minimum absolute atomic E-state index is 0.0591. The van der Waals surface area contributed by atoms with E-state index in [-0.39, 0.29) is 29.0 Å². The van der Waals surface area contributed by atoms with Gasteiger partial charge in [0, 0.05) is 18.0 Å². The molecule has 1 heterocycles. The average molecular weight is 322 g/mol. The summed E-state index contributed by atoms with van der Waals surface area (Å²) in [6.07, 6.45) is 2.67. The lowest BCUT2D eigenvalue weighted by molar-refractivity contribution is 0.237. The van der Waals surface area contributed by atoms with Crippen molar-refractivity contribution < 1.29 is 13.2 Å². The minimum atomic E-state index is -2.96. The van der Waals surface area contributed by atoms with Crippen LogP contribution in [0.3, 0.4) is 0 Å². The highest BCUT2D eigenvalue weighted by atomic mass is 32.2. The monoisotopic (exact) mass is 322 g/mol. The third kappa shape index (κ3) is 3.43. The maximum atomic E-state index is 12.0. The number of sulfone groups is 1. The van der Waals surface area contributed by atoms with Gasteiger partial charge in [0.25, 0.3) is 0 Å². The molecular weight excluding hydrogens is 300 g/mol. The first-order chi connectivity index (χ1) is 10.4. The second-order valence-electron chi connectivity index (χ2n) is 6.57. The van der Waals surface area contributed by atoms with E-state index < -0.39 is 9.84 Å². The Labute approximate surface area is 131 Å². The molecule has 22 heavy (non-hydrogen) atoms. The molecule has 5 nitrogen and oxygen atoms in total. The largest absolute Gasteiger partial charge is 0.337 e. The van der Waals surface area contributed by atoms with Crippen LogP contribution in [0.4, 0.5) is 4.79 Å². The molecule has 1 saturated carbocycles. The van der Waals surface area contributed by atoms with E-state index in [1.54, 1.807) is 0 Å². The van der Waals surface area contributed by atoms with Crippen LogP contribution < -0.4 is 10.6 Å². The molecule has 1 aliphatic heterocycles. The first-order valence-electron chi connectivity index (χ1n) is 7.71. The first kappa shape index (κ1) is 15.3. The van der Waals surface area contributed by atoms with Crippen molar-refractivity contribution in [1.29, 1.82) is 0 Å². The van der Waals surface area contributed by atoms with Crippen LogP contribution in [0.5, 0.6) is 0 Å². The predicted octanol–water partition coefficient (Wildman–Crippen LogP) is 1.51. The van der Waals surface area contributed by atoms with Gasteiger partial charge in [-0.2, -0.15) is 0 Å². The summed E-state index contributed by atoms with van der Waals surface area (Å²) in [4.78, 5) is 12.0. The van der Waals surface area contributed by atoms with Crippen LogP contribution in [0.15, 0.2) is 24.3 Å². The van der Waals surface area contributed by atoms with Gasteiger partial charge in [-0.05, 0) is 31.7 Å². The minimum Gasteiger partial charge on any atom is -0.337 e. The van der Waals surface area contributed by atoms with Crippen LogP contribution in [-0.4, -0.2) is 38.5 Å². The van der Waals surface area contributed by atoms with Gasteiger partial charge in [0.05, 0.1) is 11.5 Å². The molecule has 1 aromatic rings. The molecule has 1 atom stereocenters. The Balaban J connectivity index is 1.52. The Hall–Kier alpha value is -1.56. The number of nitrogens with one attached hydrogen (secondary N) is 2. The summed E-state index contributed by atoms with van der Waals surface area (Å²) in [5.41, 5.74) is 2.56. The van der Waals surface area contributed by atoms with E-state index in [1.807, 2.05) is 0 Å². The Kier molecular flexibility index (Phi) is 3.89. The fourth-order valence-electron chi connectivity index (χ4n) is 3.02. The van der Waals surface area contributed by atoms with Crippen LogP contribution in [-0.2, 0) is 15.3 Å². The van der Waals surface area contributed by atoms with Crippen LogP contribution in [0.25, 0.3) is 0 Å². The molecule has 0 aromatic heterocycles. The number of urea groups is 1. The number of aryl methyl sites for hydroxylation is 1. The lowest BCUT2D eigenvalue weighted by atomic mass is 9.95. The molecule has 0 spiro atoms. The number of carbonyl (C=O) groups excluding carboxylic acids is 1. The molecule has 1 saturated heterocycles. The summed E-state index contributed by atoms with van der Waals surface area (Å²) in [7, 11) is -2.96. The molecule has 2 amide bonds. The quantitative estimate of drug-likeness (QED) is 0.882. The van der Waals surface area contributed by atoms with Crippen LogP contribution in [0.2, 0.25) is 0 Å². The number of carbonyl (C=O) groups is 1. The zero-order chi connectivity index (χ0) is 15.8. The molecule has 2 aliphatic rings. The van der Waals surface area contributed by atoms with Crippen molar-refractivity contribution >= 4 is 15.9 Å². The summed E-state index contributed by atoms with van der Waals surface area (Å²) in [6.45, 7) is 2.66. The fourth-order valence-corrected chi connectivity index (χ4v) is 4.69. The van der Waals surface area contributed by atoms with Crippen LogP contribution >= 0.6 is 0 Å². The lowest BCUT2D eigenvalue weighted by Crippen LogP contribution is -2.45. The van der Waals surface area contributed by atoms with Crippen LogP contribution in [0.1, 0.15) is 30.4 Å². The van der Waals surface area contributed by atoms with Crippen molar-refractivity contribution in [1.82, 2.24) is 10.6 Å². The highest BCUT2D eigenvalue weighted by molar-refractivity contribution is 7.91. The molecule has 120 valence electrons. The Morgan fingerprint density at radius 2 is 1.95 bits per heavy atom. The summed E-state index contributed by atoms with van der Waals surface area (Å²) < 4.78 is 22.8. The highest BCUT2D eigenvalue weighted by Gasteiger charge is 2.44. The van der Waals surface area contributed by atoms with Gasteiger partial charge in [0.15, 0.2) is 9.84 Å². The number of hydrogen-bond donors (Lipinski definition) is 2. The van der Waals surface area contributed by atoms with Gasteiger partial charge in [-0.25, -0.2) is 13.2 Å². The van der Waals surface area contributed by atoms with Gasteiger partial charge in [0.2, 0.25) is 0 Å². The molecule has 6 heteroatoms. The van der Waals surface area contributed by atoms with Gasteiger partial charge in [-0.15, -0.1) is 0 Å². The molecule has 1 aromatic carbocycles. The van der Waals surface area contributed by atoms with Crippen molar-refractivity contribution in [2.24, 2.45) is 0 Å². The van der Waals surface area contributed by atoms with Crippen molar-refractivity contribution in [3.63, 3.8) is 0 Å². The van der Waals surface area contributed by atoms with E-state index in [2.05, 4.69) is 41.8 Å². The molecule has 2 N–H and O–H groups in total. The van der Waals surface area contributed by atoms with Gasteiger partial charge < -0.3 is 10.6 Å². The van der Waals surface area contributed by atoms with Gasteiger partial charge >= 0.3 is 6.03 Å². The second kappa shape index (κ2) is 5.57. The SMILES string of the molecule is Cc1ccc(C2(CNC(=O)NC3CCS(=O)(=O)C3)CC2)cc1. The average Bonchev–Trinajstić information content (AvgIpc) is 3.17. The van der Waals surface area contributed by atoms with E-state index in [0.717, 1.165) is 12.8 Å². The third-order valence-corrected chi connectivity index (χ3v) is 6.44. The fraction of sp³-hybridized carbons (Fsp3) is 0.562. The molecule has 0 bridgehead atoms. The zero-order valence-electron chi connectivity index (χ0n) is 12.8. The molecule has 0 radical (unpaired) electrons. The maximum absolute atomic E-state index is 12.0. The first-order valence-corrected chi connectivity index (χ1v) is 9.53. The number of amides is 2. The molecule has 2 fully saturated rings. The van der Waals surface area contributed by atoms with E-state index >= 15 is 0 Å². The summed E-state index contributed by atoms with van der Waals surface area (Å²) in [6, 6.07) is 7.94. The van der Waals surface area contributed by atoms with Crippen molar-refractivity contribution in [3.05, 3.63) is 35.4 Å². The predicted molar refractivity (Wildman–Crippen MR) is 85.7 cm³/mol. The topological polar surface area (TPSA) is 75.3 Å². The Morgan fingerprint density at radius 1 is 1.27 bits per heavy atom. The molecule has 1 unspecified atom stereocenters. The molecular formula is C16H22N2O3S. The van der Waals surface area contributed by atoms with Gasteiger partial charge in [-0.1, -0.05) is 29.8 Å². The van der Waals surface area contributed by atoms with Crippen LogP contribution in [0, 0.1) is 6.92 Å². The van der Waals surface area contributed by atoms with Crippen molar-refractivity contribution in [3.8, 4) is 0 Å². The normalized spacial score (nSPS) is 24.7. The van der Waals surface area contributed by atoms with E-state index in [9.17, 15) is 13.2 Å². The summed E-state index contributed by atoms with van der Waals surface area (Å²) >= 11 is 0. The van der Waals surface area contributed by atoms with E-state index in [0.29, 0.717) is 13.0 Å². The number of rotatable bonds is 4. The van der Waals surface area contributed by atoms with Crippen molar-refractivity contribution in [2.75, 3.05) is 18.1 Å². The van der Waals surface area contributed by atoms with E-state index in [4.69, 9.17) is 0 Å². The number of benzene rings is 1. The van der Waals surface area contributed by atoms with Crippen molar-refractivity contribution in [2.45, 2.75) is 37.6 Å². The lowest BCUT2D eigenvalue weighted by Gasteiger charge is -2.18. The van der Waals surface area contributed by atoms with Gasteiger partial charge in [0.1, 0.15) is 0 Å². The summed E-state index contributed by atoms with van der Waals surface area (Å²) in [5.74, 6) is 0.231. The standard InChI is InChI=1S/C16H22N2O3S/c1-12-2-4-13(5-3-12)16(7-8-16)11-17-15(19)18-14-6-9-22(20,21)10-14/h2-5,14H,6-11H2,1H3,(H2,17,18,19). The molecule has 3 rings (SSSR count). The third-order valence-electron chi connectivity index (χ3n) is 4.67. The smallest absolute Gasteiger partial charge is 0.315 e. The number of hydrogen-bond acceptors (Lipinski definition) is 3. The molecule has 1 aliphatic carbocycles. The second-order valence-corrected chi connectivity index (χ2v) is 8.80. The maximum Gasteiger partial charge on any atom is 0.315 e. The highest BCUT2D eigenvalue weighted by Crippen LogP contribution is 2.47. The van der Waals surface area contributed by atoms with Gasteiger partial charge in [-0.3, -0.25) is 0 Å². The summed E-state index contributed by atoms with van der Waals surface area (Å²) in [5, 5.41) is 5.67.